The molecule has 0 heterocycles. The van der Waals surface area contributed by atoms with E-state index in [0.29, 0.717) is 0 Å². The highest BCUT2D eigenvalue weighted by Crippen LogP contribution is 2.23. The van der Waals surface area contributed by atoms with Crippen LogP contribution in [-0.4, -0.2) is 15.2 Å². The van der Waals surface area contributed by atoms with E-state index >= 15 is 0 Å². The Labute approximate surface area is 100 Å². The molecule has 0 saturated heterocycles. The SMILES string of the molecule is CC/C(=C\[Si](C)(C)C)c1ccc(OC)cc1. The van der Waals surface area contributed by atoms with Gasteiger partial charge in [0, 0.05) is 0 Å². The summed E-state index contributed by atoms with van der Waals surface area (Å²) in [6.07, 6.45) is 1.09. The van der Waals surface area contributed by atoms with Crippen LogP contribution in [-0.2, 0) is 0 Å². The second-order valence-corrected chi connectivity index (χ2v) is 10.1. The summed E-state index contributed by atoms with van der Waals surface area (Å²) in [4.78, 5) is 0. The monoisotopic (exact) mass is 234 g/mol. The first-order chi connectivity index (χ1) is 7.46. The van der Waals surface area contributed by atoms with Gasteiger partial charge in [-0.05, 0) is 29.7 Å². The summed E-state index contributed by atoms with van der Waals surface area (Å²) < 4.78 is 5.17. The fourth-order valence-electron chi connectivity index (χ4n) is 1.72. The molecule has 0 aliphatic rings. The highest BCUT2D eigenvalue weighted by atomic mass is 28.3. The molecule has 0 aromatic heterocycles. The summed E-state index contributed by atoms with van der Waals surface area (Å²) in [5.41, 5.74) is 5.27. The van der Waals surface area contributed by atoms with Crippen molar-refractivity contribution in [2.24, 2.45) is 0 Å². The van der Waals surface area contributed by atoms with Gasteiger partial charge < -0.3 is 4.74 Å². The fraction of sp³-hybridized carbons (Fsp3) is 0.429. The van der Waals surface area contributed by atoms with E-state index in [9.17, 15) is 0 Å². The number of benzene rings is 1. The summed E-state index contributed by atoms with van der Waals surface area (Å²) in [6.45, 7) is 9.32. The van der Waals surface area contributed by atoms with Crippen LogP contribution in [0, 0.1) is 0 Å². The number of hydrogen-bond donors (Lipinski definition) is 0. The van der Waals surface area contributed by atoms with E-state index in [1.807, 2.05) is 12.1 Å². The van der Waals surface area contributed by atoms with Crippen LogP contribution < -0.4 is 4.74 Å². The molecule has 0 fully saturated rings. The molecule has 0 amide bonds. The molecule has 0 radical (unpaired) electrons. The molecular weight excluding hydrogens is 212 g/mol. The number of methoxy groups -OCH3 is 1. The normalized spacial score (nSPS) is 12.7. The van der Waals surface area contributed by atoms with Crippen molar-refractivity contribution in [2.45, 2.75) is 33.0 Å². The van der Waals surface area contributed by atoms with E-state index in [-0.39, 0.29) is 0 Å². The largest absolute Gasteiger partial charge is 0.497 e. The quantitative estimate of drug-likeness (QED) is 0.703. The molecule has 0 spiro atoms. The predicted octanol–water partition coefficient (Wildman–Crippen LogP) is 4.37. The fourth-order valence-corrected chi connectivity index (χ4v) is 3.13. The van der Waals surface area contributed by atoms with Gasteiger partial charge in [0.15, 0.2) is 0 Å². The lowest BCUT2D eigenvalue weighted by Gasteiger charge is -2.14. The van der Waals surface area contributed by atoms with Crippen molar-refractivity contribution >= 4 is 13.6 Å². The maximum absolute atomic E-state index is 5.17. The van der Waals surface area contributed by atoms with Gasteiger partial charge in [0.2, 0.25) is 0 Å². The van der Waals surface area contributed by atoms with Crippen LogP contribution >= 0.6 is 0 Å². The molecule has 0 aliphatic carbocycles. The van der Waals surface area contributed by atoms with E-state index in [4.69, 9.17) is 4.74 Å². The molecule has 1 aromatic rings. The molecule has 0 atom stereocenters. The zero-order chi connectivity index (χ0) is 12.2. The van der Waals surface area contributed by atoms with E-state index in [0.717, 1.165) is 12.2 Å². The molecule has 1 rings (SSSR count). The van der Waals surface area contributed by atoms with Gasteiger partial charge in [0.25, 0.3) is 0 Å². The van der Waals surface area contributed by atoms with Gasteiger partial charge in [-0.3, -0.25) is 0 Å². The van der Waals surface area contributed by atoms with E-state index in [1.54, 1.807) is 7.11 Å². The number of rotatable bonds is 4. The molecule has 0 N–H and O–H groups in total. The van der Waals surface area contributed by atoms with Crippen molar-refractivity contribution in [3.05, 3.63) is 35.5 Å². The van der Waals surface area contributed by atoms with Gasteiger partial charge in [-0.1, -0.05) is 44.4 Å². The highest BCUT2D eigenvalue weighted by molar-refractivity contribution is 6.81. The molecule has 0 aliphatic heterocycles. The number of hydrogen-bond acceptors (Lipinski definition) is 1. The Kier molecular flexibility index (Phi) is 4.36. The Morgan fingerprint density at radius 3 is 2.12 bits per heavy atom. The van der Waals surface area contributed by atoms with Gasteiger partial charge in [0.1, 0.15) is 5.75 Å². The maximum atomic E-state index is 5.17. The van der Waals surface area contributed by atoms with E-state index in [2.05, 4.69) is 44.4 Å². The molecule has 1 aromatic carbocycles. The molecule has 2 heteroatoms. The van der Waals surface area contributed by atoms with Gasteiger partial charge in [-0.2, -0.15) is 0 Å². The Morgan fingerprint density at radius 2 is 1.75 bits per heavy atom. The minimum atomic E-state index is -1.14. The van der Waals surface area contributed by atoms with Crippen molar-refractivity contribution in [1.82, 2.24) is 0 Å². The smallest absolute Gasteiger partial charge is 0.118 e. The van der Waals surface area contributed by atoms with Crippen LogP contribution in [0.2, 0.25) is 19.6 Å². The van der Waals surface area contributed by atoms with Crippen molar-refractivity contribution in [3.63, 3.8) is 0 Å². The van der Waals surface area contributed by atoms with Crippen molar-refractivity contribution in [2.75, 3.05) is 7.11 Å². The number of allylic oxidation sites excluding steroid dienone is 1. The van der Waals surface area contributed by atoms with Gasteiger partial charge >= 0.3 is 0 Å². The minimum Gasteiger partial charge on any atom is -0.497 e. The van der Waals surface area contributed by atoms with Crippen LogP contribution in [0.4, 0.5) is 0 Å². The Bertz CT molecular complexity index is 357. The maximum Gasteiger partial charge on any atom is 0.118 e. The van der Waals surface area contributed by atoms with E-state index < -0.39 is 8.07 Å². The topological polar surface area (TPSA) is 9.23 Å². The summed E-state index contributed by atoms with van der Waals surface area (Å²) in [5, 5.41) is 0. The second-order valence-electron chi connectivity index (χ2n) is 5.12. The molecule has 1 nitrogen and oxygen atoms in total. The standard InChI is InChI=1S/C14H22OSi/c1-6-12(11-16(3,4)5)13-7-9-14(15-2)10-8-13/h7-11H,6H2,1-5H3/b12-11+. The summed E-state index contributed by atoms with van der Waals surface area (Å²) in [6, 6.07) is 8.36. The number of ether oxygens (including phenoxy) is 1. The van der Waals surface area contributed by atoms with Crippen LogP contribution in [0.3, 0.4) is 0 Å². The van der Waals surface area contributed by atoms with Gasteiger partial charge in [0.05, 0.1) is 15.2 Å². The summed E-state index contributed by atoms with van der Waals surface area (Å²) in [5.74, 6) is 0.923. The average Bonchev–Trinajstić information content (AvgIpc) is 2.25. The van der Waals surface area contributed by atoms with Crippen molar-refractivity contribution < 1.29 is 4.74 Å². The first-order valence-corrected chi connectivity index (χ1v) is 9.40. The molecular formula is C14H22OSi. The van der Waals surface area contributed by atoms with Crippen LogP contribution in [0.15, 0.2) is 30.0 Å². The van der Waals surface area contributed by atoms with E-state index in [1.165, 1.54) is 11.1 Å². The van der Waals surface area contributed by atoms with Crippen LogP contribution in [0.1, 0.15) is 18.9 Å². The van der Waals surface area contributed by atoms with Crippen molar-refractivity contribution in [3.8, 4) is 5.75 Å². The first kappa shape index (κ1) is 13.0. The molecule has 0 unspecified atom stereocenters. The third kappa shape index (κ3) is 3.85. The second kappa shape index (κ2) is 5.35. The lowest BCUT2D eigenvalue weighted by atomic mass is 10.1. The van der Waals surface area contributed by atoms with Gasteiger partial charge in [-0.15, -0.1) is 0 Å². The molecule has 88 valence electrons. The van der Waals surface area contributed by atoms with Gasteiger partial charge in [-0.25, -0.2) is 0 Å². The summed E-state index contributed by atoms with van der Waals surface area (Å²) >= 11 is 0. The lowest BCUT2D eigenvalue weighted by molar-refractivity contribution is 0.415. The Morgan fingerprint density at radius 1 is 1.19 bits per heavy atom. The zero-order valence-corrected chi connectivity index (χ0v) is 12.0. The van der Waals surface area contributed by atoms with Crippen LogP contribution in [0.5, 0.6) is 5.75 Å². The lowest BCUT2D eigenvalue weighted by Crippen LogP contribution is -2.16. The predicted molar refractivity (Wildman–Crippen MR) is 74.6 cm³/mol. The van der Waals surface area contributed by atoms with Crippen LogP contribution in [0.25, 0.3) is 5.57 Å². The third-order valence-corrected chi connectivity index (χ3v) is 3.66. The average molecular weight is 234 g/mol. The first-order valence-electron chi connectivity index (χ1n) is 5.82. The molecule has 0 bridgehead atoms. The molecule has 0 saturated carbocycles. The van der Waals surface area contributed by atoms with Crippen molar-refractivity contribution in [1.29, 1.82) is 0 Å². The minimum absolute atomic E-state index is 0.923. The zero-order valence-electron chi connectivity index (χ0n) is 11.0. The summed E-state index contributed by atoms with van der Waals surface area (Å²) in [7, 11) is 0.563. The third-order valence-electron chi connectivity index (χ3n) is 2.45. The highest BCUT2D eigenvalue weighted by Gasteiger charge is 2.11. The Hall–Kier alpha value is -1.02. The molecule has 16 heavy (non-hydrogen) atoms. The Balaban J connectivity index is 3.00.